The summed E-state index contributed by atoms with van der Waals surface area (Å²) in [6, 6.07) is 18.0. The number of piperazine rings is 1. The molecule has 1 saturated heterocycles. The summed E-state index contributed by atoms with van der Waals surface area (Å²) in [6.45, 7) is 3.22. The smallest absolute Gasteiger partial charge is 0.255 e. The van der Waals surface area contributed by atoms with Crippen molar-refractivity contribution in [3.8, 4) is 5.69 Å². The largest absolute Gasteiger partial charge is 0.380 e. The number of aromatic nitrogens is 2. The molecule has 9 heteroatoms. The fourth-order valence-electron chi connectivity index (χ4n) is 4.11. The third kappa shape index (κ3) is 5.17. The number of hydrogen-bond acceptors (Lipinski definition) is 6. The van der Waals surface area contributed by atoms with E-state index >= 15 is 0 Å². The van der Waals surface area contributed by atoms with Crippen LogP contribution in [-0.2, 0) is 9.59 Å². The van der Waals surface area contributed by atoms with E-state index in [-0.39, 0.29) is 6.04 Å². The second-order valence-corrected chi connectivity index (χ2v) is 8.32. The number of carbonyl (C=O) groups excluding carboxylic acids is 2. The van der Waals surface area contributed by atoms with Crippen LogP contribution in [0, 0.1) is 0 Å². The number of benzene rings is 2. The number of aliphatic hydroxyl groups excluding tert-OH is 2. The molecule has 0 bridgehead atoms. The summed E-state index contributed by atoms with van der Waals surface area (Å²) < 4.78 is 1.72. The van der Waals surface area contributed by atoms with Gasteiger partial charge in [0.15, 0.2) is 12.2 Å². The average molecular weight is 464 g/mol. The molecule has 4 N–H and O–H groups in total. The lowest BCUT2D eigenvalue weighted by atomic mass is 10.0. The number of aliphatic hydroxyl groups is 2. The van der Waals surface area contributed by atoms with Crippen LogP contribution in [0.3, 0.4) is 0 Å². The summed E-state index contributed by atoms with van der Waals surface area (Å²) in [5.41, 5.74) is 2.60. The van der Waals surface area contributed by atoms with Crippen molar-refractivity contribution in [3.63, 3.8) is 0 Å². The topological polar surface area (TPSA) is 120 Å². The van der Waals surface area contributed by atoms with E-state index in [9.17, 15) is 19.8 Å². The summed E-state index contributed by atoms with van der Waals surface area (Å²) in [5, 5.41) is 31.1. The second kappa shape index (κ2) is 10.6. The minimum atomic E-state index is -1.88. The monoisotopic (exact) mass is 463 g/mol. The quantitative estimate of drug-likeness (QED) is 0.414. The van der Waals surface area contributed by atoms with Gasteiger partial charge >= 0.3 is 0 Å². The molecule has 1 aliphatic heterocycles. The highest BCUT2D eigenvalue weighted by atomic mass is 16.3. The van der Waals surface area contributed by atoms with E-state index in [2.05, 4.69) is 15.7 Å². The normalized spacial score (nSPS) is 18.7. The van der Waals surface area contributed by atoms with Gasteiger partial charge in [0.1, 0.15) is 0 Å². The highest BCUT2D eigenvalue weighted by molar-refractivity contribution is 5.91. The van der Waals surface area contributed by atoms with Gasteiger partial charge in [-0.05, 0) is 36.2 Å². The number of nitrogens with zero attached hydrogens (tertiary/aromatic N) is 3. The lowest BCUT2D eigenvalue weighted by Gasteiger charge is -2.38. The number of rotatable bonds is 7. The van der Waals surface area contributed by atoms with Gasteiger partial charge in [-0.25, -0.2) is 4.68 Å². The number of hydrogen-bond donors (Lipinski definition) is 4. The van der Waals surface area contributed by atoms with Crippen molar-refractivity contribution in [1.29, 1.82) is 0 Å². The van der Waals surface area contributed by atoms with Crippen molar-refractivity contribution in [3.05, 3.63) is 84.2 Å². The Morgan fingerprint density at radius 1 is 1.06 bits per heavy atom. The van der Waals surface area contributed by atoms with Gasteiger partial charge in [-0.1, -0.05) is 42.5 Å². The van der Waals surface area contributed by atoms with Crippen LogP contribution in [0.4, 0.5) is 0 Å². The maximum atomic E-state index is 13.0. The zero-order chi connectivity index (χ0) is 24.1. The van der Waals surface area contributed by atoms with Crippen molar-refractivity contribution in [2.75, 3.05) is 19.6 Å². The summed E-state index contributed by atoms with van der Waals surface area (Å²) >= 11 is 0. The van der Waals surface area contributed by atoms with E-state index in [1.165, 1.54) is 4.90 Å². The molecule has 4 atom stereocenters. The molecule has 3 aromatic rings. The first-order chi connectivity index (χ1) is 16.5. The fourth-order valence-corrected chi connectivity index (χ4v) is 4.11. The number of nitrogens with one attached hydrogen (secondary N) is 2. The molecule has 2 aromatic carbocycles. The predicted molar refractivity (Wildman–Crippen MR) is 126 cm³/mol. The van der Waals surface area contributed by atoms with Gasteiger partial charge in [0.2, 0.25) is 0 Å². The van der Waals surface area contributed by atoms with Gasteiger partial charge in [-0.3, -0.25) is 9.59 Å². The van der Waals surface area contributed by atoms with E-state index in [1.807, 2.05) is 66.9 Å². The van der Waals surface area contributed by atoms with Crippen LogP contribution >= 0.6 is 0 Å². The molecule has 1 aliphatic rings. The Morgan fingerprint density at radius 2 is 1.79 bits per heavy atom. The lowest BCUT2D eigenvalue weighted by molar-refractivity contribution is -0.155. The van der Waals surface area contributed by atoms with E-state index in [4.69, 9.17) is 0 Å². The van der Waals surface area contributed by atoms with Gasteiger partial charge in [-0.15, -0.1) is 0 Å². The van der Waals surface area contributed by atoms with E-state index in [0.29, 0.717) is 19.6 Å². The highest BCUT2D eigenvalue weighted by Gasteiger charge is 2.37. The van der Waals surface area contributed by atoms with Crippen molar-refractivity contribution < 1.29 is 19.8 Å². The van der Waals surface area contributed by atoms with Gasteiger partial charge in [-0.2, -0.15) is 5.10 Å². The molecule has 0 aliphatic carbocycles. The van der Waals surface area contributed by atoms with Crippen LogP contribution in [0.2, 0.25) is 0 Å². The van der Waals surface area contributed by atoms with Crippen molar-refractivity contribution >= 4 is 11.8 Å². The Labute approximate surface area is 198 Å². The van der Waals surface area contributed by atoms with Gasteiger partial charge in [0, 0.05) is 32.0 Å². The Morgan fingerprint density at radius 3 is 2.47 bits per heavy atom. The molecule has 0 spiro atoms. The molecule has 2 amide bonds. The summed E-state index contributed by atoms with van der Waals surface area (Å²) in [5.74, 6) is -1.48. The number of amides is 2. The maximum Gasteiger partial charge on any atom is 0.255 e. The van der Waals surface area contributed by atoms with Crippen LogP contribution in [-0.4, -0.2) is 68.6 Å². The Hall–Kier alpha value is -3.53. The van der Waals surface area contributed by atoms with Crippen LogP contribution < -0.4 is 10.6 Å². The lowest BCUT2D eigenvalue weighted by Crippen LogP contribution is -2.56. The Balaban J connectivity index is 1.38. The SMILES string of the molecule is C[C@@H](NC(=O)[C@H](O)[C@@H](O)C(=O)N1CCNCC1c1ccccc1)c1ccc(-n2cccn2)cc1. The van der Waals surface area contributed by atoms with E-state index in [1.54, 1.807) is 17.8 Å². The Kier molecular flexibility index (Phi) is 7.36. The third-order valence-electron chi connectivity index (χ3n) is 6.05. The highest BCUT2D eigenvalue weighted by Crippen LogP contribution is 2.23. The number of carbonyl (C=O) groups is 2. The third-order valence-corrected chi connectivity index (χ3v) is 6.05. The molecule has 0 saturated carbocycles. The minimum absolute atomic E-state index is 0.292. The fraction of sp³-hybridized carbons (Fsp3) is 0.320. The van der Waals surface area contributed by atoms with Gasteiger partial charge in [0.05, 0.1) is 17.8 Å². The second-order valence-electron chi connectivity index (χ2n) is 8.32. The van der Waals surface area contributed by atoms with Gasteiger partial charge in [0.25, 0.3) is 11.8 Å². The molecule has 1 unspecified atom stereocenters. The first kappa shape index (κ1) is 23.6. The first-order valence-electron chi connectivity index (χ1n) is 11.3. The molecule has 0 radical (unpaired) electrons. The molecule has 4 rings (SSSR count). The zero-order valence-corrected chi connectivity index (χ0v) is 18.9. The van der Waals surface area contributed by atoms with Crippen molar-refractivity contribution in [2.24, 2.45) is 0 Å². The predicted octanol–water partition coefficient (Wildman–Crippen LogP) is 0.944. The van der Waals surface area contributed by atoms with Crippen LogP contribution in [0.15, 0.2) is 73.1 Å². The van der Waals surface area contributed by atoms with E-state index < -0.39 is 30.1 Å². The van der Waals surface area contributed by atoms with Crippen LogP contribution in [0.1, 0.15) is 30.1 Å². The summed E-state index contributed by atoms with van der Waals surface area (Å²) in [7, 11) is 0. The van der Waals surface area contributed by atoms with E-state index in [0.717, 1.165) is 16.8 Å². The van der Waals surface area contributed by atoms with Crippen LogP contribution in [0.5, 0.6) is 0 Å². The maximum absolute atomic E-state index is 13.0. The van der Waals surface area contributed by atoms with Gasteiger partial charge < -0.3 is 25.7 Å². The standard InChI is InChI=1S/C25H29N5O4/c1-17(18-8-10-20(11-9-18)30-14-5-12-27-30)28-24(33)22(31)23(32)25(34)29-15-13-26-16-21(29)19-6-3-2-4-7-19/h2-12,14,17,21-23,26,31-32H,13,15-16H2,1H3,(H,28,33)/t17-,21?,22-,23-/m1/s1. The molecular weight excluding hydrogens is 434 g/mol. The molecule has 34 heavy (non-hydrogen) atoms. The summed E-state index contributed by atoms with van der Waals surface area (Å²) in [4.78, 5) is 27.2. The van der Waals surface area contributed by atoms with Crippen molar-refractivity contribution in [2.45, 2.75) is 31.2 Å². The molecule has 9 nitrogen and oxygen atoms in total. The molecule has 1 aromatic heterocycles. The first-order valence-corrected chi connectivity index (χ1v) is 11.3. The van der Waals surface area contributed by atoms with Crippen LogP contribution in [0.25, 0.3) is 5.69 Å². The zero-order valence-electron chi connectivity index (χ0n) is 18.9. The molecular formula is C25H29N5O4. The van der Waals surface area contributed by atoms with Crippen molar-refractivity contribution in [1.82, 2.24) is 25.3 Å². The average Bonchev–Trinajstić information content (AvgIpc) is 3.43. The summed E-state index contributed by atoms with van der Waals surface area (Å²) in [6.07, 6.45) is -0.230. The minimum Gasteiger partial charge on any atom is -0.380 e. The Bertz CT molecular complexity index is 1090. The molecule has 1 fully saturated rings. The molecule has 178 valence electrons. The molecule has 2 heterocycles.